The summed E-state index contributed by atoms with van der Waals surface area (Å²) >= 11 is 16.7. The first kappa shape index (κ1) is 11.8. The highest BCUT2D eigenvalue weighted by Crippen LogP contribution is 2.30. The van der Waals surface area contributed by atoms with E-state index in [0.29, 0.717) is 15.1 Å². The molecule has 0 aliphatic carbocycles. The molecule has 0 N–H and O–H groups in total. The fourth-order valence-electron chi connectivity index (χ4n) is 0.813. The molecule has 1 rings (SSSR count). The lowest BCUT2D eigenvalue weighted by atomic mass is 10.1. The monoisotopic (exact) mass is 392 g/mol. The van der Waals surface area contributed by atoms with Gasteiger partial charge in [-0.25, -0.2) is 0 Å². The Morgan fingerprint density at radius 1 is 1.54 bits per heavy atom. The first-order chi connectivity index (χ1) is 6.07. The zero-order chi connectivity index (χ0) is 10.0. The van der Waals surface area contributed by atoms with Gasteiger partial charge in [0.2, 0.25) is 0 Å². The van der Waals surface area contributed by atoms with Gasteiger partial charge in [-0.15, -0.1) is 11.6 Å². The van der Waals surface area contributed by atoms with Crippen LogP contribution in [0.5, 0.6) is 0 Å². The number of rotatable bonds is 2. The van der Waals surface area contributed by atoms with Crippen LogP contribution in [0.1, 0.15) is 10.4 Å². The molecule has 0 heterocycles. The summed E-state index contributed by atoms with van der Waals surface area (Å²) in [6.07, 6.45) is 0. The van der Waals surface area contributed by atoms with E-state index in [1.807, 2.05) is 0 Å². The van der Waals surface area contributed by atoms with Gasteiger partial charge in [-0.05, 0) is 50.7 Å². The van der Waals surface area contributed by atoms with Crippen LogP contribution in [0.15, 0.2) is 16.6 Å². The van der Waals surface area contributed by atoms with Crippen LogP contribution >= 0.6 is 61.7 Å². The van der Waals surface area contributed by atoms with Crippen LogP contribution in [0.4, 0.5) is 0 Å². The third-order valence-corrected chi connectivity index (χ3v) is 5.02. The summed E-state index contributed by atoms with van der Waals surface area (Å²) in [5.41, 5.74) is 0.573. The van der Waals surface area contributed by atoms with Crippen LogP contribution in [0.2, 0.25) is 5.02 Å². The lowest BCUT2D eigenvalue weighted by Gasteiger charge is -2.04. The van der Waals surface area contributed by atoms with Gasteiger partial charge < -0.3 is 0 Å². The largest absolute Gasteiger partial charge is 0.293 e. The number of alkyl halides is 1. The molecule has 0 saturated carbocycles. The molecule has 0 fully saturated rings. The molecule has 1 aromatic carbocycles. The summed E-state index contributed by atoms with van der Waals surface area (Å²) in [5, 5.41) is 0.624. The Morgan fingerprint density at radius 2 is 2.15 bits per heavy atom. The van der Waals surface area contributed by atoms with Gasteiger partial charge in [0, 0.05) is 13.6 Å². The Hall–Kier alpha value is 0.680. The standard InChI is InChI=1S/C8H4BrCl2IO/c9-7-4(6(13)3-10)1-2-5(11)8(7)12/h1-2H,3H2. The minimum Gasteiger partial charge on any atom is -0.293 e. The molecule has 1 aromatic rings. The molecule has 0 atom stereocenters. The summed E-state index contributed by atoms with van der Waals surface area (Å²) in [7, 11) is 0. The molecule has 0 radical (unpaired) electrons. The highest BCUT2D eigenvalue weighted by molar-refractivity contribution is 14.1. The van der Waals surface area contributed by atoms with Crippen molar-refractivity contribution in [2.75, 3.05) is 5.88 Å². The molecular formula is C8H4BrCl2IO. The SMILES string of the molecule is O=C(CCl)c1ccc(Cl)c(I)c1Br. The number of carbonyl (C=O) groups is 1. The van der Waals surface area contributed by atoms with Crippen LogP contribution in [0.3, 0.4) is 0 Å². The van der Waals surface area contributed by atoms with Gasteiger partial charge in [0.1, 0.15) is 0 Å². The molecule has 0 aliphatic rings. The third-order valence-electron chi connectivity index (χ3n) is 1.46. The predicted octanol–water partition coefficient (Wildman–Crippen LogP) is 4.13. The summed E-state index contributed by atoms with van der Waals surface area (Å²) in [6.45, 7) is 0. The van der Waals surface area contributed by atoms with Crippen LogP contribution < -0.4 is 0 Å². The van der Waals surface area contributed by atoms with Gasteiger partial charge in [0.15, 0.2) is 5.78 Å². The number of hydrogen-bond acceptors (Lipinski definition) is 1. The lowest BCUT2D eigenvalue weighted by molar-refractivity contribution is 0.102. The van der Waals surface area contributed by atoms with Crippen molar-refractivity contribution in [2.45, 2.75) is 0 Å². The van der Waals surface area contributed by atoms with Gasteiger partial charge in [-0.2, -0.15) is 0 Å². The smallest absolute Gasteiger partial charge is 0.178 e. The van der Waals surface area contributed by atoms with Crippen molar-refractivity contribution >= 4 is 67.5 Å². The normalized spacial score (nSPS) is 10.2. The van der Waals surface area contributed by atoms with Crippen molar-refractivity contribution in [3.05, 3.63) is 30.8 Å². The minimum absolute atomic E-state index is 0.0175. The van der Waals surface area contributed by atoms with E-state index < -0.39 is 0 Å². The maximum Gasteiger partial charge on any atom is 0.178 e. The zero-order valence-corrected chi connectivity index (χ0v) is 11.5. The van der Waals surface area contributed by atoms with Gasteiger partial charge >= 0.3 is 0 Å². The molecule has 0 amide bonds. The first-order valence-corrected chi connectivity index (χ1v) is 6.09. The van der Waals surface area contributed by atoms with Gasteiger partial charge in [0.25, 0.3) is 0 Å². The molecule has 5 heteroatoms. The Labute approximate surface area is 108 Å². The van der Waals surface area contributed by atoms with E-state index in [4.69, 9.17) is 23.2 Å². The summed E-state index contributed by atoms with van der Waals surface area (Å²) < 4.78 is 1.54. The number of halogens is 4. The van der Waals surface area contributed by atoms with Crippen molar-refractivity contribution in [1.29, 1.82) is 0 Å². The van der Waals surface area contributed by atoms with E-state index in [-0.39, 0.29) is 11.7 Å². The van der Waals surface area contributed by atoms with Crippen molar-refractivity contribution in [2.24, 2.45) is 0 Å². The highest BCUT2D eigenvalue weighted by atomic mass is 127. The Morgan fingerprint density at radius 3 is 2.69 bits per heavy atom. The maximum absolute atomic E-state index is 11.3. The molecular weight excluding hydrogens is 390 g/mol. The molecule has 0 saturated heterocycles. The summed E-state index contributed by atoms with van der Waals surface area (Å²) in [4.78, 5) is 11.3. The van der Waals surface area contributed by atoms with Crippen molar-refractivity contribution in [1.82, 2.24) is 0 Å². The van der Waals surface area contributed by atoms with E-state index in [1.165, 1.54) is 0 Å². The Bertz CT molecular complexity index is 354. The lowest BCUT2D eigenvalue weighted by Crippen LogP contribution is -2.02. The van der Waals surface area contributed by atoms with E-state index >= 15 is 0 Å². The second-order valence-electron chi connectivity index (χ2n) is 2.28. The van der Waals surface area contributed by atoms with E-state index in [1.54, 1.807) is 12.1 Å². The molecule has 0 unspecified atom stereocenters. The van der Waals surface area contributed by atoms with Gasteiger partial charge in [-0.1, -0.05) is 11.6 Å². The Balaban J connectivity index is 3.26. The van der Waals surface area contributed by atoms with Crippen LogP contribution in [-0.2, 0) is 0 Å². The molecule has 0 bridgehead atoms. The van der Waals surface area contributed by atoms with Gasteiger partial charge in [-0.3, -0.25) is 4.79 Å². The first-order valence-electron chi connectivity index (χ1n) is 3.30. The number of Topliss-reactive ketones (excluding diaryl/α,β-unsaturated/α-hetero) is 1. The molecule has 0 aromatic heterocycles. The second kappa shape index (κ2) is 4.96. The highest BCUT2D eigenvalue weighted by Gasteiger charge is 2.12. The van der Waals surface area contributed by atoms with E-state index in [0.717, 1.165) is 3.57 Å². The summed E-state index contributed by atoms with van der Waals surface area (Å²) in [6, 6.07) is 3.35. The zero-order valence-electron chi connectivity index (χ0n) is 6.28. The van der Waals surface area contributed by atoms with E-state index in [9.17, 15) is 4.79 Å². The molecule has 0 aliphatic heterocycles. The molecule has 70 valence electrons. The average molecular weight is 394 g/mol. The molecule has 1 nitrogen and oxygen atoms in total. The van der Waals surface area contributed by atoms with E-state index in [2.05, 4.69) is 38.5 Å². The maximum atomic E-state index is 11.3. The average Bonchev–Trinajstić information content (AvgIpc) is 2.13. The topological polar surface area (TPSA) is 17.1 Å². The fraction of sp³-hybridized carbons (Fsp3) is 0.125. The molecule has 13 heavy (non-hydrogen) atoms. The van der Waals surface area contributed by atoms with Crippen molar-refractivity contribution in [3.8, 4) is 0 Å². The number of carbonyl (C=O) groups excluding carboxylic acids is 1. The van der Waals surface area contributed by atoms with Crippen molar-refractivity contribution < 1.29 is 4.79 Å². The quantitative estimate of drug-likeness (QED) is 0.319. The summed E-state index contributed by atoms with van der Waals surface area (Å²) in [5.74, 6) is -0.126. The van der Waals surface area contributed by atoms with Crippen molar-refractivity contribution in [3.63, 3.8) is 0 Å². The van der Waals surface area contributed by atoms with Crippen LogP contribution in [-0.4, -0.2) is 11.7 Å². The minimum atomic E-state index is -0.108. The van der Waals surface area contributed by atoms with Crippen LogP contribution in [0, 0.1) is 3.57 Å². The van der Waals surface area contributed by atoms with Crippen LogP contribution in [0.25, 0.3) is 0 Å². The second-order valence-corrected chi connectivity index (χ2v) is 4.83. The van der Waals surface area contributed by atoms with Gasteiger partial charge in [0.05, 0.1) is 10.9 Å². The number of hydrogen-bond donors (Lipinski definition) is 0. The fourth-order valence-corrected chi connectivity index (χ4v) is 2.27. The number of ketones is 1. The third kappa shape index (κ3) is 2.58. The number of benzene rings is 1. The predicted molar refractivity (Wildman–Crippen MR) is 66.9 cm³/mol. The Kier molecular flexibility index (Phi) is 4.48. The molecule has 0 spiro atoms.